The highest BCUT2D eigenvalue weighted by molar-refractivity contribution is 6.28. The predicted molar refractivity (Wildman–Crippen MR) is 62.4 cm³/mol. The van der Waals surface area contributed by atoms with Crippen molar-refractivity contribution in [1.82, 2.24) is 14.8 Å². The number of halogens is 1. The van der Waals surface area contributed by atoms with Gasteiger partial charge in [0.1, 0.15) is 11.6 Å². The lowest BCUT2D eigenvalue weighted by atomic mass is 10.2. The summed E-state index contributed by atoms with van der Waals surface area (Å²) in [7, 11) is 1.63. The van der Waals surface area contributed by atoms with Crippen molar-refractivity contribution in [1.29, 1.82) is 0 Å². The van der Waals surface area contributed by atoms with Crippen molar-refractivity contribution in [3.63, 3.8) is 0 Å². The molecule has 2 aromatic rings. The Hall–Kier alpha value is -1.55. The van der Waals surface area contributed by atoms with E-state index < -0.39 is 0 Å². The smallest absolute Gasteiger partial charge is 0.229 e. The Bertz CT molecular complexity index is 502. The molecule has 0 saturated heterocycles. The van der Waals surface area contributed by atoms with Crippen LogP contribution in [0.15, 0.2) is 18.2 Å². The lowest BCUT2D eigenvalue weighted by molar-refractivity contribution is 0.412. The average Bonchev–Trinajstić information content (AvgIpc) is 2.58. The molecule has 0 radical (unpaired) electrons. The third kappa shape index (κ3) is 1.76. The standard InChI is InChI=1S/C11H12ClN3O/c1-7-4-5-10(16-3)9(6-7)15-8(2)13-14-11(15)12/h4-6H,1-3H3. The summed E-state index contributed by atoms with van der Waals surface area (Å²) in [6.07, 6.45) is 0. The maximum atomic E-state index is 5.99. The van der Waals surface area contributed by atoms with E-state index in [0.717, 1.165) is 22.8 Å². The second kappa shape index (κ2) is 4.14. The van der Waals surface area contributed by atoms with Crippen LogP contribution in [0.5, 0.6) is 5.75 Å². The summed E-state index contributed by atoms with van der Waals surface area (Å²) in [5, 5.41) is 8.08. The third-order valence-corrected chi connectivity index (χ3v) is 2.61. The van der Waals surface area contributed by atoms with Crippen molar-refractivity contribution < 1.29 is 4.74 Å². The van der Waals surface area contributed by atoms with Crippen LogP contribution in [0, 0.1) is 13.8 Å². The molecule has 84 valence electrons. The minimum absolute atomic E-state index is 0.335. The average molecular weight is 238 g/mol. The maximum absolute atomic E-state index is 5.99. The van der Waals surface area contributed by atoms with Gasteiger partial charge < -0.3 is 4.74 Å². The number of hydrogen-bond acceptors (Lipinski definition) is 3. The zero-order valence-corrected chi connectivity index (χ0v) is 10.1. The van der Waals surface area contributed by atoms with Crippen molar-refractivity contribution >= 4 is 11.6 Å². The van der Waals surface area contributed by atoms with Gasteiger partial charge in [-0.25, -0.2) is 0 Å². The zero-order chi connectivity index (χ0) is 11.7. The summed E-state index contributed by atoms with van der Waals surface area (Å²) in [5.74, 6) is 1.48. The van der Waals surface area contributed by atoms with Gasteiger partial charge in [-0.15, -0.1) is 10.2 Å². The molecule has 5 heteroatoms. The van der Waals surface area contributed by atoms with Gasteiger partial charge in [-0.05, 0) is 43.1 Å². The molecule has 0 fully saturated rings. The van der Waals surface area contributed by atoms with Gasteiger partial charge >= 0.3 is 0 Å². The molecule has 0 atom stereocenters. The van der Waals surface area contributed by atoms with E-state index in [0.29, 0.717) is 5.28 Å². The summed E-state index contributed by atoms with van der Waals surface area (Å²) in [4.78, 5) is 0. The largest absolute Gasteiger partial charge is 0.495 e. The molecule has 1 heterocycles. The van der Waals surface area contributed by atoms with Gasteiger partial charge in [0.25, 0.3) is 0 Å². The molecule has 2 rings (SSSR count). The zero-order valence-electron chi connectivity index (χ0n) is 9.36. The first kappa shape index (κ1) is 11.0. The molecule has 1 aromatic heterocycles. The third-order valence-electron chi connectivity index (χ3n) is 2.36. The van der Waals surface area contributed by atoms with Gasteiger partial charge in [0.15, 0.2) is 0 Å². The lowest BCUT2D eigenvalue weighted by Crippen LogP contribution is -2.01. The number of benzene rings is 1. The van der Waals surface area contributed by atoms with E-state index in [1.165, 1.54) is 0 Å². The molecule has 0 bridgehead atoms. The van der Waals surface area contributed by atoms with Crippen LogP contribution in [0.4, 0.5) is 0 Å². The number of aromatic nitrogens is 3. The Morgan fingerprint density at radius 1 is 1.25 bits per heavy atom. The number of rotatable bonds is 2. The molecule has 1 aromatic carbocycles. The van der Waals surface area contributed by atoms with Crippen LogP contribution in [-0.2, 0) is 0 Å². The van der Waals surface area contributed by atoms with E-state index in [1.807, 2.05) is 32.0 Å². The minimum Gasteiger partial charge on any atom is -0.495 e. The van der Waals surface area contributed by atoms with E-state index in [1.54, 1.807) is 11.7 Å². The Balaban J connectivity index is 2.67. The first-order valence-electron chi connectivity index (χ1n) is 4.86. The fraction of sp³-hybridized carbons (Fsp3) is 0.273. The topological polar surface area (TPSA) is 39.9 Å². The van der Waals surface area contributed by atoms with Crippen molar-refractivity contribution in [3.8, 4) is 11.4 Å². The molecular weight excluding hydrogens is 226 g/mol. The second-order valence-corrected chi connectivity index (χ2v) is 3.87. The van der Waals surface area contributed by atoms with Crippen LogP contribution in [-0.4, -0.2) is 21.9 Å². The van der Waals surface area contributed by atoms with E-state index in [-0.39, 0.29) is 0 Å². The monoisotopic (exact) mass is 237 g/mol. The predicted octanol–water partition coefficient (Wildman–Crippen LogP) is 2.55. The molecule has 16 heavy (non-hydrogen) atoms. The molecule has 0 aliphatic heterocycles. The molecule has 0 saturated carbocycles. The van der Waals surface area contributed by atoms with Crippen LogP contribution in [0.2, 0.25) is 5.28 Å². The molecular formula is C11H12ClN3O. The highest BCUT2D eigenvalue weighted by Crippen LogP contribution is 2.27. The first-order chi connectivity index (χ1) is 7.63. The van der Waals surface area contributed by atoms with Crippen molar-refractivity contribution in [2.24, 2.45) is 0 Å². The molecule has 0 aliphatic rings. The van der Waals surface area contributed by atoms with Crippen LogP contribution in [0.1, 0.15) is 11.4 Å². The Kier molecular flexibility index (Phi) is 2.83. The van der Waals surface area contributed by atoms with Gasteiger partial charge in [-0.3, -0.25) is 4.57 Å². The molecule has 0 unspecified atom stereocenters. The molecule has 0 N–H and O–H groups in total. The summed E-state index contributed by atoms with van der Waals surface area (Å²) in [5.41, 5.74) is 1.98. The van der Waals surface area contributed by atoms with E-state index in [9.17, 15) is 0 Å². The Morgan fingerprint density at radius 3 is 2.56 bits per heavy atom. The molecule has 0 aliphatic carbocycles. The van der Waals surface area contributed by atoms with Crippen LogP contribution < -0.4 is 4.74 Å². The number of ether oxygens (including phenoxy) is 1. The maximum Gasteiger partial charge on any atom is 0.229 e. The van der Waals surface area contributed by atoms with Gasteiger partial charge in [-0.2, -0.15) is 0 Å². The first-order valence-corrected chi connectivity index (χ1v) is 5.24. The second-order valence-electron chi connectivity index (χ2n) is 3.53. The van der Waals surface area contributed by atoms with E-state index in [4.69, 9.17) is 16.3 Å². The van der Waals surface area contributed by atoms with Gasteiger partial charge in [0, 0.05) is 0 Å². The normalized spacial score (nSPS) is 10.5. The summed E-state index contributed by atoms with van der Waals surface area (Å²) < 4.78 is 7.06. The SMILES string of the molecule is COc1ccc(C)cc1-n1c(C)nnc1Cl. The molecule has 0 spiro atoms. The summed E-state index contributed by atoms with van der Waals surface area (Å²) in [6, 6.07) is 5.87. The van der Waals surface area contributed by atoms with Crippen LogP contribution in [0.25, 0.3) is 5.69 Å². The van der Waals surface area contributed by atoms with E-state index >= 15 is 0 Å². The van der Waals surface area contributed by atoms with Crippen LogP contribution in [0.3, 0.4) is 0 Å². The lowest BCUT2D eigenvalue weighted by Gasteiger charge is -2.11. The quantitative estimate of drug-likeness (QED) is 0.806. The Morgan fingerprint density at radius 2 is 2.00 bits per heavy atom. The fourth-order valence-corrected chi connectivity index (χ4v) is 1.84. The number of nitrogens with zero attached hydrogens (tertiary/aromatic N) is 3. The molecule has 0 amide bonds. The van der Waals surface area contributed by atoms with Crippen molar-refractivity contribution in [3.05, 3.63) is 34.9 Å². The minimum atomic E-state index is 0.335. The molecule has 4 nitrogen and oxygen atoms in total. The summed E-state index contributed by atoms with van der Waals surface area (Å²) in [6.45, 7) is 3.86. The highest BCUT2D eigenvalue weighted by atomic mass is 35.5. The number of hydrogen-bond donors (Lipinski definition) is 0. The Labute approximate surface area is 98.8 Å². The van der Waals surface area contributed by atoms with Gasteiger partial charge in [-0.1, -0.05) is 6.07 Å². The fourth-order valence-electron chi connectivity index (χ4n) is 1.59. The van der Waals surface area contributed by atoms with Gasteiger partial charge in [0.2, 0.25) is 5.28 Å². The van der Waals surface area contributed by atoms with Crippen LogP contribution >= 0.6 is 11.6 Å². The van der Waals surface area contributed by atoms with Gasteiger partial charge in [0.05, 0.1) is 12.8 Å². The number of methoxy groups -OCH3 is 1. The number of aryl methyl sites for hydroxylation is 2. The van der Waals surface area contributed by atoms with Crippen molar-refractivity contribution in [2.75, 3.05) is 7.11 Å². The summed E-state index contributed by atoms with van der Waals surface area (Å²) >= 11 is 5.99. The van der Waals surface area contributed by atoms with E-state index in [2.05, 4.69) is 10.2 Å². The van der Waals surface area contributed by atoms with Crippen molar-refractivity contribution in [2.45, 2.75) is 13.8 Å². The highest BCUT2D eigenvalue weighted by Gasteiger charge is 2.12.